The number of methoxy groups -OCH3 is 2. The lowest BCUT2D eigenvalue weighted by Gasteiger charge is -2.37. The summed E-state index contributed by atoms with van der Waals surface area (Å²) in [6.45, 7) is 1.16. The zero-order chi connectivity index (χ0) is 13.2. The number of benzene rings is 1. The van der Waals surface area contributed by atoms with Gasteiger partial charge in [-0.25, -0.2) is 0 Å². The molecular formula is C16H23NO2. The molecule has 0 spiro atoms. The minimum absolute atomic E-state index is 0.662. The van der Waals surface area contributed by atoms with Gasteiger partial charge in [-0.05, 0) is 61.8 Å². The van der Waals surface area contributed by atoms with Crippen molar-refractivity contribution in [3.63, 3.8) is 0 Å². The first kappa shape index (κ1) is 12.8. The molecule has 2 aliphatic rings. The van der Waals surface area contributed by atoms with Crippen LogP contribution in [-0.2, 0) is 0 Å². The van der Waals surface area contributed by atoms with E-state index in [2.05, 4.69) is 17.4 Å². The van der Waals surface area contributed by atoms with Crippen molar-refractivity contribution in [1.29, 1.82) is 0 Å². The van der Waals surface area contributed by atoms with E-state index in [4.69, 9.17) is 9.47 Å². The van der Waals surface area contributed by atoms with Crippen molar-refractivity contribution < 1.29 is 9.47 Å². The molecular weight excluding hydrogens is 238 g/mol. The Bertz CT molecular complexity index is 420. The molecule has 104 valence electrons. The molecule has 3 rings (SSSR count). The van der Waals surface area contributed by atoms with Crippen molar-refractivity contribution in [3.05, 3.63) is 23.8 Å². The average Bonchev–Trinajstić information content (AvgIpc) is 3.21. The fraction of sp³-hybridized carbons (Fsp3) is 0.625. The second kappa shape index (κ2) is 5.41. The van der Waals surface area contributed by atoms with E-state index in [1.54, 1.807) is 14.2 Å². The van der Waals surface area contributed by atoms with Gasteiger partial charge in [0.25, 0.3) is 0 Å². The van der Waals surface area contributed by atoms with Crippen LogP contribution in [0.3, 0.4) is 0 Å². The predicted octanol–water partition coefficient (Wildman–Crippen LogP) is 2.95. The Morgan fingerprint density at radius 3 is 2.16 bits per heavy atom. The van der Waals surface area contributed by atoms with Crippen LogP contribution in [0.2, 0.25) is 0 Å². The third-order valence-electron chi connectivity index (χ3n) is 4.47. The molecule has 0 aromatic heterocycles. The molecule has 0 aliphatic heterocycles. The Labute approximate surface area is 115 Å². The van der Waals surface area contributed by atoms with Crippen LogP contribution in [0.15, 0.2) is 18.2 Å². The lowest BCUT2D eigenvalue weighted by molar-refractivity contribution is 0.244. The third kappa shape index (κ3) is 2.86. The van der Waals surface area contributed by atoms with Gasteiger partial charge in [0.1, 0.15) is 11.5 Å². The number of hydrogen-bond donors (Lipinski definition) is 1. The zero-order valence-electron chi connectivity index (χ0n) is 11.8. The fourth-order valence-corrected chi connectivity index (χ4v) is 2.90. The summed E-state index contributed by atoms with van der Waals surface area (Å²) in [5.41, 5.74) is 1.37. The summed E-state index contributed by atoms with van der Waals surface area (Å²) >= 11 is 0. The first-order chi connectivity index (χ1) is 9.30. The zero-order valence-corrected chi connectivity index (χ0v) is 11.8. The molecule has 2 unspecified atom stereocenters. The lowest BCUT2D eigenvalue weighted by atomic mass is 9.70. The van der Waals surface area contributed by atoms with Crippen molar-refractivity contribution in [1.82, 2.24) is 5.32 Å². The topological polar surface area (TPSA) is 30.5 Å². The van der Waals surface area contributed by atoms with Gasteiger partial charge in [0.05, 0.1) is 14.2 Å². The van der Waals surface area contributed by atoms with Gasteiger partial charge in [-0.1, -0.05) is 0 Å². The monoisotopic (exact) mass is 261 g/mol. The Balaban J connectivity index is 1.69. The highest BCUT2D eigenvalue weighted by atomic mass is 16.5. The Morgan fingerprint density at radius 2 is 1.68 bits per heavy atom. The van der Waals surface area contributed by atoms with Gasteiger partial charge in [0.2, 0.25) is 0 Å². The number of ether oxygens (including phenoxy) is 2. The number of hydrogen-bond acceptors (Lipinski definition) is 3. The van der Waals surface area contributed by atoms with Crippen molar-refractivity contribution >= 4 is 0 Å². The SMILES string of the molecule is COc1cc(OC)cc(C2CCC2CNC2CC2)c1. The smallest absolute Gasteiger partial charge is 0.122 e. The second-order valence-electron chi connectivity index (χ2n) is 5.77. The summed E-state index contributed by atoms with van der Waals surface area (Å²) in [5, 5.41) is 3.65. The van der Waals surface area contributed by atoms with Gasteiger partial charge < -0.3 is 14.8 Å². The van der Waals surface area contributed by atoms with E-state index in [-0.39, 0.29) is 0 Å². The van der Waals surface area contributed by atoms with Crippen LogP contribution >= 0.6 is 0 Å². The summed E-state index contributed by atoms with van der Waals surface area (Å²) in [5.74, 6) is 3.23. The third-order valence-corrected chi connectivity index (χ3v) is 4.47. The van der Waals surface area contributed by atoms with E-state index >= 15 is 0 Å². The highest BCUT2D eigenvalue weighted by Crippen LogP contribution is 2.44. The van der Waals surface area contributed by atoms with Crippen LogP contribution in [0.1, 0.15) is 37.2 Å². The van der Waals surface area contributed by atoms with E-state index in [1.165, 1.54) is 31.2 Å². The molecule has 3 heteroatoms. The van der Waals surface area contributed by atoms with Crippen molar-refractivity contribution in [2.45, 2.75) is 37.6 Å². The molecule has 2 aliphatic carbocycles. The lowest BCUT2D eigenvalue weighted by Crippen LogP contribution is -2.34. The van der Waals surface area contributed by atoms with E-state index in [1.807, 2.05) is 6.07 Å². The molecule has 1 N–H and O–H groups in total. The molecule has 3 nitrogen and oxygen atoms in total. The molecule has 2 fully saturated rings. The van der Waals surface area contributed by atoms with Crippen molar-refractivity contribution in [2.75, 3.05) is 20.8 Å². The summed E-state index contributed by atoms with van der Waals surface area (Å²) in [6, 6.07) is 7.08. The van der Waals surface area contributed by atoms with Gasteiger partial charge >= 0.3 is 0 Å². The molecule has 2 saturated carbocycles. The molecule has 2 atom stereocenters. The number of rotatable bonds is 6. The average molecular weight is 261 g/mol. The van der Waals surface area contributed by atoms with Crippen molar-refractivity contribution in [3.8, 4) is 11.5 Å². The molecule has 0 heterocycles. The Morgan fingerprint density at radius 1 is 1.00 bits per heavy atom. The summed E-state index contributed by atoms with van der Waals surface area (Å²) in [4.78, 5) is 0. The van der Waals surface area contributed by atoms with Crippen molar-refractivity contribution in [2.24, 2.45) is 5.92 Å². The molecule has 0 radical (unpaired) electrons. The van der Waals surface area contributed by atoms with Crippen LogP contribution in [0.5, 0.6) is 11.5 Å². The highest BCUT2D eigenvalue weighted by molar-refractivity contribution is 5.41. The predicted molar refractivity (Wildman–Crippen MR) is 76.0 cm³/mol. The maximum Gasteiger partial charge on any atom is 0.122 e. The Kier molecular flexibility index (Phi) is 3.65. The van der Waals surface area contributed by atoms with E-state index in [9.17, 15) is 0 Å². The maximum atomic E-state index is 5.36. The van der Waals surface area contributed by atoms with Crippen LogP contribution in [0, 0.1) is 5.92 Å². The summed E-state index contributed by atoms with van der Waals surface area (Å²) < 4.78 is 10.7. The summed E-state index contributed by atoms with van der Waals surface area (Å²) in [6.07, 6.45) is 5.35. The van der Waals surface area contributed by atoms with E-state index < -0.39 is 0 Å². The molecule has 0 amide bonds. The molecule has 0 saturated heterocycles. The second-order valence-corrected chi connectivity index (χ2v) is 5.77. The normalized spacial score (nSPS) is 25.8. The largest absolute Gasteiger partial charge is 0.497 e. The number of nitrogens with one attached hydrogen (secondary N) is 1. The van der Waals surface area contributed by atoms with Crippen LogP contribution in [0.4, 0.5) is 0 Å². The Hall–Kier alpha value is -1.22. The molecule has 1 aromatic rings. The van der Waals surface area contributed by atoms with Gasteiger partial charge in [0.15, 0.2) is 0 Å². The highest BCUT2D eigenvalue weighted by Gasteiger charge is 2.33. The van der Waals surface area contributed by atoms with Gasteiger partial charge in [-0.15, -0.1) is 0 Å². The summed E-state index contributed by atoms with van der Waals surface area (Å²) in [7, 11) is 3.43. The first-order valence-corrected chi connectivity index (χ1v) is 7.26. The molecule has 19 heavy (non-hydrogen) atoms. The van der Waals surface area contributed by atoms with E-state index in [0.717, 1.165) is 30.0 Å². The fourth-order valence-electron chi connectivity index (χ4n) is 2.90. The van der Waals surface area contributed by atoms with Crippen LogP contribution in [-0.4, -0.2) is 26.8 Å². The maximum absolute atomic E-state index is 5.36. The van der Waals surface area contributed by atoms with E-state index in [0.29, 0.717) is 5.92 Å². The van der Waals surface area contributed by atoms with Gasteiger partial charge in [-0.3, -0.25) is 0 Å². The standard InChI is InChI=1S/C16H23NO2/c1-18-14-7-12(8-15(9-14)19-2)16-6-3-11(16)10-17-13-4-5-13/h7-9,11,13,16-17H,3-6,10H2,1-2H3. The van der Waals surface area contributed by atoms with Gasteiger partial charge in [-0.2, -0.15) is 0 Å². The minimum atomic E-state index is 0.662. The first-order valence-electron chi connectivity index (χ1n) is 7.26. The van der Waals surface area contributed by atoms with Crippen LogP contribution in [0.25, 0.3) is 0 Å². The van der Waals surface area contributed by atoms with Crippen LogP contribution < -0.4 is 14.8 Å². The quantitative estimate of drug-likeness (QED) is 0.854. The molecule has 1 aromatic carbocycles. The minimum Gasteiger partial charge on any atom is -0.497 e. The molecule has 0 bridgehead atoms. The van der Waals surface area contributed by atoms with Gasteiger partial charge in [0, 0.05) is 12.1 Å².